The third-order valence-corrected chi connectivity index (χ3v) is 5.42. The molecule has 5 rings (SSSR count). The van der Waals surface area contributed by atoms with Crippen LogP contribution in [0.1, 0.15) is 36.9 Å². The maximum absolute atomic E-state index is 6.01. The Morgan fingerprint density at radius 3 is 2.77 bits per heavy atom. The van der Waals surface area contributed by atoms with Crippen LogP contribution in [-0.2, 0) is 4.74 Å². The number of hydrogen-bond acceptors (Lipinski definition) is 6. The first-order chi connectivity index (χ1) is 14.6. The molecular weight excluding hydrogens is 380 g/mol. The van der Waals surface area contributed by atoms with Crippen LogP contribution in [0.3, 0.4) is 0 Å². The third-order valence-electron chi connectivity index (χ3n) is 5.42. The van der Waals surface area contributed by atoms with Crippen molar-refractivity contribution < 1.29 is 9.47 Å². The van der Waals surface area contributed by atoms with E-state index in [1.165, 1.54) is 0 Å². The Labute approximate surface area is 174 Å². The highest BCUT2D eigenvalue weighted by atomic mass is 16.5. The minimum absolute atomic E-state index is 0.0647. The molecule has 1 saturated heterocycles. The minimum atomic E-state index is -0.0647. The molecule has 1 aliphatic rings. The van der Waals surface area contributed by atoms with Crippen molar-refractivity contribution >= 4 is 11.2 Å². The number of aromatic nitrogens is 6. The Hall–Kier alpha value is -3.26. The van der Waals surface area contributed by atoms with Gasteiger partial charge >= 0.3 is 0 Å². The van der Waals surface area contributed by atoms with Gasteiger partial charge in [-0.3, -0.25) is 4.57 Å². The van der Waals surface area contributed by atoms with Gasteiger partial charge in [0.2, 0.25) is 0 Å². The van der Waals surface area contributed by atoms with Gasteiger partial charge in [0.05, 0.1) is 19.1 Å². The number of nitrogens with zero attached hydrogens (tertiary/aromatic N) is 6. The Balaban J connectivity index is 1.75. The molecule has 8 nitrogen and oxygen atoms in total. The molecule has 0 amide bonds. The molecular formula is C22H24N6O2. The van der Waals surface area contributed by atoms with Gasteiger partial charge in [0.1, 0.15) is 23.2 Å². The van der Waals surface area contributed by atoms with Gasteiger partial charge in [-0.25, -0.2) is 14.6 Å². The van der Waals surface area contributed by atoms with E-state index in [1.807, 2.05) is 55.1 Å². The van der Waals surface area contributed by atoms with Crippen molar-refractivity contribution in [2.45, 2.75) is 39.3 Å². The zero-order valence-electron chi connectivity index (χ0n) is 17.4. The average Bonchev–Trinajstić information content (AvgIpc) is 3.36. The van der Waals surface area contributed by atoms with Crippen molar-refractivity contribution in [3.05, 3.63) is 48.0 Å². The Kier molecular flexibility index (Phi) is 4.71. The molecule has 154 valence electrons. The summed E-state index contributed by atoms with van der Waals surface area (Å²) in [5.74, 6) is 1.28. The highest BCUT2D eigenvalue weighted by Gasteiger charge is 2.23. The van der Waals surface area contributed by atoms with Crippen molar-refractivity contribution in [1.82, 2.24) is 29.3 Å². The predicted molar refractivity (Wildman–Crippen MR) is 113 cm³/mol. The van der Waals surface area contributed by atoms with E-state index in [4.69, 9.17) is 19.4 Å². The van der Waals surface area contributed by atoms with Gasteiger partial charge in [-0.15, -0.1) is 0 Å². The normalized spacial score (nSPS) is 16.8. The molecule has 1 unspecified atom stereocenters. The Morgan fingerprint density at radius 2 is 2.03 bits per heavy atom. The van der Waals surface area contributed by atoms with E-state index in [1.54, 1.807) is 11.8 Å². The molecule has 4 aromatic rings. The lowest BCUT2D eigenvalue weighted by atomic mass is 10.1. The highest BCUT2D eigenvalue weighted by molar-refractivity contribution is 5.88. The summed E-state index contributed by atoms with van der Waals surface area (Å²) in [4.78, 5) is 14.4. The van der Waals surface area contributed by atoms with Gasteiger partial charge < -0.3 is 9.47 Å². The number of rotatable bonds is 4. The Morgan fingerprint density at radius 1 is 1.13 bits per heavy atom. The molecule has 4 heterocycles. The van der Waals surface area contributed by atoms with Crippen LogP contribution in [0.2, 0.25) is 0 Å². The van der Waals surface area contributed by atoms with Crippen LogP contribution in [0.5, 0.6) is 5.75 Å². The summed E-state index contributed by atoms with van der Waals surface area (Å²) in [6.07, 6.45) is 4.90. The van der Waals surface area contributed by atoms with Crippen LogP contribution >= 0.6 is 0 Å². The monoisotopic (exact) mass is 404 g/mol. The third kappa shape index (κ3) is 3.23. The molecule has 1 aliphatic heterocycles. The molecule has 1 aromatic carbocycles. The second-order valence-corrected chi connectivity index (χ2v) is 7.59. The summed E-state index contributed by atoms with van der Waals surface area (Å²) < 4.78 is 15.2. The quantitative estimate of drug-likeness (QED) is 0.511. The second kappa shape index (κ2) is 7.53. The zero-order chi connectivity index (χ0) is 20.7. The molecule has 0 saturated carbocycles. The standard InChI is InChI=1S/C22H24N6O2/c1-14-11-15(2)28(26-14)22-24-19(16-7-6-8-17(12-16)29-3)20-21(25-22)27(13-23-20)18-9-4-5-10-30-18/h6-8,11-13,18H,4-5,9-10H2,1-3H3. The topological polar surface area (TPSA) is 79.9 Å². The van der Waals surface area contributed by atoms with E-state index in [-0.39, 0.29) is 6.23 Å². The van der Waals surface area contributed by atoms with E-state index in [2.05, 4.69) is 10.1 Å². The fraction of sp³-hybridized carbons (Fsp3) is 0.364. The van der Waals surface area contributed by atoms with Gasteiger partial charge in [-0.2, -0.15) is 10.1 Å². The summed E-state index contributed by atoms with van der Waals surface area (Å²) in [7, 11) is 1.66. The molecule has 3 aromatic heterocycles. The van der Waals surface area contributed by atoms with Gasteiger partial charge in [0.25, 0.3) is 5.95 Å². The van der Waals surface area contributed by atoms with Gasteiger partial charge in [0, 0.05) is 17.9 Å². The van der Waals surface area contributed by atoms with E-state index >= 15 is 0 Å². The number of fused-ring (bicyclic) bond motifs is 1. The smallest absolute Gasteiger partial charge is 0.253 e. The number of methoxy groups -OCH3 is 1. The number of imidazole rings is 1. The lowest BCUT2D eigenvalue weighted by Crippen LogP contribution is -2.18. The van der Waals surface area contributed by atoms with Crippen LogP contribution in [0.15, 0.2) is 36.7 Å². The van der Waals surface area contributed by atoms with Crippen molar-refractivity contribution in [3.63, 3.8) is 0 Å². The SMILES string of the molecule is COc1cccc(-c2nc(-n3nc(C)cc3C)nc3c2ncn3C2CCCCO2)c1. The molecule has 30 heavy (non-hydrogen) atoms. The van der Waals surface area contributed by atoms with Gasteiger partial charge in [-0.05, 0) is 51.3 Å². The van der Waals surface area contributed by atoms with Gasteiger partial charge in [0.15, 0.2) is 5.65 Å². The van der Waals surface area contributed by atoms with E-state index in [9.17, 15) is 0 Å². The molecule has 1 fully saturated rings. The lowest BCUT2D eigenvalue weighted by Gasteiger charge is -2.23. The number of ether oxygens (including phenoxy) is 2. The fourth-order valence-electron chi connectivity index (χ4n) is 3.96. The molecule has 1 atom stereocenters. The lowest BCUT2D eigenvalue weighted by molar-refractivity contribution is -0.0298. The summed E-state index contributed by atoms with van der Waals surface area (Å²) in [5, 5.41) is 4.59. The predicted octanol–water partition coefficient (Wildman–Crippen LogP) is 4.00. The van der Waals surface area contributed by atoms with Crippen molar-refractivity contribution in [3.8, 4) is 23.0 Å². The summed E-state index contributed by atoms with van der Waals surface area (Å²) >= 11 is 0. The summed E-state index contributed by atoms with van der Waals surface area (Å²) in [6.45, 7) is 4.72. The molecule has 0 spiro atoms. The van der Waals surface area contributed by atoms with E-state index in [0.717, 1.165) is 65.4 Å². The fourth-order valence-corrected chi connectivity index (χ4v) is 3.96. The summed E-state index contributed by atoms with van der Waals surface area (Å²) in [6, 6.07) is 9.85. The molecule has 0 N–H and O–H groups in total. The van der Waals surface area contributed by atoms with Crippen molar-refractivity contribution in [2.24, 2.45) is 0 Å². The summed E-state index contributed by atoms with van der Waals surface area (Å²) in [5.41, 5.74) is 5.04. The molecule has 0 aliphatic carbocycles. The number of hydrogen-bond donors (Lipinski definition) is 0. The molecule has 0 bridgehead atoms. The molecule has 0 radical (unpaired) electrons. The Bertz CT molecular complexity index is 1210. The van der Waals surface area contributed by atoms with Crippen LogP contribution in [0.4, 0.5) is 0 Å². The average molecular weight is 404 g/mol. The van der Waals surface area contributed by atoms with E-state index < -0.39 is 0 Å². The van der Waals surface area contributed by atoms with Crippen molar-refractivity contribution in [1.29, 1.82) is 0 Å². The van der Waals surface area contributed by atoms with Crippen LogP contribution in [-0.4, -0.2) is 43.0 Å². The first kappa shape index (κ1) is 18.7. The van der Waals surface area contributed by atoms with Crippen LogP contribution < -0.4 is 4.74 Å². The molecule has 8 heteroatoms. The first-order valence-electron chi connectivity index (χ1n) is 10.2. The van der Waals surface area contributed by atoms with Crippen LogP contribution in [0.25, 0.3) is 28.4 Å². The maximum Gasteiger partial charge on any atom is 0.253 e. The minimum Gasteiger partial charge on any atom is -0.497 e. The van der Waals surface area contributed by atoms with Gasteiger partial charge in [-0.1, -0.05) is 12.1 Å². The first-order valence-corrected chi connectivity index (χ1v) is 10.2. The van der Waals surface area contributed by atoms with Crippen LogP contribution in [0, 0.1) is 13.8 Å². The number of aryl methyl sites for hydroxylation is 2. The maximum atomic E-state index is 6.01. The largest absolute Gasteiger partial charge is 0.497 e. The second-order valence-electron chi connectivity index (χ2n) is 7.59. The van der Waals surface area contributed by atoms with Crippen molar-refractivity contribution in [2.75, 3.05) is 13.7 Å². The van der Waals surface area contributed by atoms with E-state index in [0.29, 0.717) is 5.95 Å². The highest BCUT2D eigenvalue weighted by Crippen LogP contribution is 2.32. The number of benzene rings is 1. The zero-order valence-corrected chi connectivity index (χ0v) is 17.4.